The first-order valence-corrected chi connectivity index (χ1v) is 14.1. The zero-order valence-corrected chi connectivity index (χ0v) is 25.9. The fourth-order valence-electron chi connectivity index (χ4n) is 4.57. The molecule has 0 fully saturated rings. The largest absolute Gasteiger partial charge is 0.493 e. The number of anilines is 3. The molecule has 0 aliphatic heterocycles. The lowest BCUT2D eigenvalue weighted by Gasteiger charge is -2.36. The maximum atomic E-state index is 13.3. The van der Waals surface area contributed by atoms with E-state index in [1.807, 2.05) is 31.2 Å². The number of aryl methyl sites for hydroxylation is 1. The quantitative estimate of drug-likeness (QED) is 0.187. The van der Waals surface area contributed by atoms with E-state index in [0.29, 0.717) is 28.4 Å². The van der Waals surface area contributed by atoms with Crippen LogP contribution in [0.5, 0.6) is 11.5 Å². The Morgan fingerprint density at radius 2 is 1.55 bits per heavy atom. The smallest absolute Gasteiger partial charge is 0.323 e. The van der Waals surface area contributed by atoms with Gasteiger partial charge in [0.1, 0.15) is 0 Å². The molecule has 0 aliphatic carbocycles. The van der Waals surface area contributed by atoms with Gasteiger partial charge in [0.25, 0.3) is 0 Å². The van der Waals surface area contributed by atoms with E-state index < -0.39 is 23.5 Å². The molecule has 234 valence electrons. The summed E-state index contributed by atoms with van der Waals surface area (Å²) in [5.74, 6) is -0.822. The van der Waals surface area contributed by atoms with Gasteiger partial charge in [-0.1, -0.05) is 24.3 Å². The minimum Gasteiger partial charge on any atom is -0.493 e. The number of ketones is 1. The van der Waals surface area contributed by atoms with Crippen LogP contribution in [0.25, 0.3) is 0 Å². The first kappa shape index (κ1) is 33.4. The number of benzene rings is 3. The first-order chi connectivity index (χ1) is 20.8. The molecule has 11 heteroatoms. The standard InChI is InChI=1S/C33H40N4O7/c1-21-9-7-8-10-25(21)36-32(42)34-23-12-14-24(15-13-23)37(4)33(2,3)29(38)17-18-30(39)35-26(20-31(40)41)22-11-16-27(43-5)28(19-22)44-6/h7-16,19,26H,17-18,20H2,1-6H3,(H,35,39)(H,40,41)(H2,34,36,42)/t26-/m0/s1. The van der Waals surface area contributed by atoms with E-state index in [1.165, 1.54) is 14.2 Å². The number of carbonyl (C=O) groups excluding carboxylic acids is 3. The van der Waals surface area contributed by atoms with Gasteiger partial charge in [-0.15, -0.1) is 0 Å². The number of rotatable bonds is 14. The van der Waals surface area contributed by atoms with Gasteiger partial charge in [-0.2, -0.15) is 0 Å². The topological polar surface area (TPSA) is 146 Å². The van der Waals surface area contributed by atoms with Crippen molar-refractivity contribution >= 4 is 40.8 Å². The van der Waals surface area contributed by atoms with Gasteiger partial charge in [0.05, 0.1) is 32.2 Å². The minimum atomic E-state index is -1.09. The highest BCUT2D eigenvalue weighted by Gasteiger charge is 2.32. The van der Waals surface area contributed by atoms with Crippen LogP contribution in [0, 0.1) is 6.92 Å². The summed E-state index contributed by atoms with van der Waals surface area (Å²) >= 11 is 0. The summed E-state index contributed by atoms with van der Waals surface area (Å²) in [6.45, 7) is 5.45. The summed E-state index contributed by atoms with van der Waals surface area (Å²) in [7, 11) is 4.74. The molecule has 44 heavy (non-hydrogen) atoms. The Morgan fingerprint density at radius 3 is 2.16 bits per heavy atom. The Kier molecular flexibility index (Phi) is 11.3. The number of urea groups is 1. The first-order valence-electron chi connectivity index (χ1n) is 14.1. The molecule has 4 N–H and O–H groups in total. The van der Waals surface area contributed by atoms with Gasteiger partial charge in [0.15, 0.2) is 17.3 Å². The average Bonchev–Trinajstić information content (AvgIpc) is 3.00. The maximum Gasteiger partial charge on any atom is 0.323 e. The van der Waals surface area contributed by atoms with Crippen molar-refractivity contribution in [2.75, 3.05) is 36.8 Å². The molecule has 0 bridgehead atoms. The number of Topliss-reactive ketones (excluding diaryl/α,β-unsaturated/α-hetero) is 1. The second-order valence-corrected chi connectivity index (χ2v) is 10.8. The Balaban J connectivity index is 1.59. The zero-order valence-electron chi connectivity index (χ0n) is 25.9. The molecule has 3 rings (SSSR count). The molecule has 0 saturated heterocycles. The van der Waals surface area contributed by atoms with Crippen molar-refractivity contribution in [3.63, 3.8) is 0 Å². The van der Waals surface area contributed by atoms with E-state index in [-0.39, 0.29) is 31.1 Å². The van der Waals surface area contributed by atoms with Gasteiger partial charge in [0, 0.05) is 37.0 Å². The summed E-state index contributed by atoms with van der Waals surface area (Å²) in [6.07, 6.45) is -0.506. The molecule has 1 atom stereocenters. The lowest BCUT2D eigenvalue weighted by molar-refractivity contribution is -0.138. The van der Waals surface area contributed by atoms with E-state index in [0.717, 1.165) is 11.3 Å². The van der Waals surface area contributed by atoms with E-state index in [4.69, 9.17) is 9.47 Å². The highest BCUT2D eigenvalue weighted by atomic mass is 16.5. The van der Waals surface area contributed by atoms with Crippen LogP contribution in [-0.4, -0.2) is 55.6 Å². The number of para-hydroxylation sites is 1. The van der Waals surface area contributed by atoms with Gasteiger partial charge in [0.2, 0.25) is 5.91 Å². The molecule has 0 radical (unpaired) electrons. The molecule has 3 aromatic carbocycles. The summed E-state index contributed by atoms with van der Waals surface area (Å²) < 4.78 is 10.5. The monoisotopic (exact) mass is 604 g/mol. The van der Waals surface area contributed by atoms with E-state index >= 15 is 0 Å². The normalized spacial score (nSPS) is 11.6. The highest BCUT2D eigenvalue weighted by Crippen LogP contribution is 2.31. The number of carboxylic acids is 1. The van der Waals surface area contributed by atoms with Crippen molar-refractivity contribution < 1.29 is 33.8 Å². The van der Waals surface area contributed by atoms with Gasteiger partial charge >= 0.3 is 12.0 Å². The van der Waals surface area contributed by atoms with Crippen LogP contribution in [0.3, 0.4) is 0 Å². The Hall–Kier alpha value is -5.06. The second-order valence-electron chi connectivity index (χ2n) is 10.8. The fourth-order valence-corrected chi connectivity index (χ4v) is 4.57. The molecule has 3 amide bonds. The Morgan fingerprint density at radius 1 is 0.886 bits per heavy atom. The number of nitrogens with one attached hydrogen (secondary N) is 3. The minimum absolute atomic E-state index is 0.0480. The van der Waals surface area contributed by atoms with Crippen LogP contribution in [0.1, 0.15) is 50.3 Å². The predicted molar refractivity (Wildman–Crippen MR) is 170 cm³/mol. The number of amides is 3. The van der Waals surface area contributed by atoms with Crippen LogP contribution in [0.2, 0.25) is 0 Å². The van der Waals surface area contributed by atoms with Crippen LogP contribution in [0.4, 0.5) is 21.9 Å². The van der Waals surface area contributed by atoms with E-state index in [9.17, 15) is 24.3 Å². The van der Waals surface area contributed by atoms with E-state index in [1.54, 1.807) is 68.3 Å². The number of carbonyl (C=O) groups is 4. The molecule has 3 aromatic rings. The summed E-state index contributed by atoms with van der Waals surface area (Å²) in [5.41, 5.74) is 2.57. The third-order valence-corrected chi connectivity index (χ3v) is 7.53. The van der Waals surface area contributed by atoms with Crippen molar-refractivity contribution in [2.24, 2.45) is 0 Å². The third-order valence-electron chi connectivity index (χ3n) is 7.53. The second kappa shape index (κ2) is 14.9. The van der Waals surface area contributed by atoms with Crippen molar-refractivity contribution in [2.45, 2.75) is 51.6 Å². The summed E-state index contributed by atoms with van der Waals surface area (Å²) in [4.78, 5) is 51.9. The van der Waals surface area contributed by atoms with Crippen LogP contribution in [-0.2, 0) is 14.4 Å². The highest BCUT2D eigenvalue weighted by molar-refractivity contribution is 6.00. The Labute approximate surface area is 257 Å². The van der Waals surface area contributed by atoms with Crippen molar-refractivity contribution in [3.05, 3.63) is 77.9 Å². The SMILES string of the molecule is COc1ccc([C@H](CC(=O)O)NC(=O)CCC(=O)C(C)(C)N(C)c2ccc(NC(=O)Nc3ccccc3C)cc2)cc1OC. The zero-order chi connectivity index (χ0) is 32.4. The van der Waals surface area contributed by atoms with Gasteiger partial charge in [-0.3, -0.25) is 14.4 Å². The van der Waals surface area contributed by atoms with Crippen molar-refractivity contribution in [3.8, 4) is 11.5 Å². The number of hydrogen-bond acceptors (Lipinski definition) is 7. The van der Waals surface area contributed by atoms with Crippen LogP contribution in [0.15, 0.2) is 66.7 Å². The number of methoxy groups -OCH3 is 2. The molecular formula is C33H40N4O7. The summed E-state index contributed by atoms with van der Waals surface area (Å²) in [5, 5.41) is 17.8. The summed E-state index contributed by atoms with van der Waals surface area (Å²) in [6, 6.07) is 18.3. The number of aliphatic carboxylic acids is 1. The molecule has 0 saturated carbocycles. The molecule has 11 nitrogen and oxygen atoms in total. The van der Waals surface area contributed by atoms with Crippen LogP contribution >= 0.6 is 0 Å². The lowest BCUT2D eigenvalue weighted by Crippen LogP contribution is -2.48. The predicted octanol–water partition coefficient (Wildman–Crippen LogP) is 5.55. The number of likely N-dealkylation sites (N-methyl/N-ethyl adjacent to an activating group) is 1. The number of nitrogens with zero attached hydrogens (tertiary/aromatic N) is 1. The third kappa shape index (κ3) is 8.73. The average molecular weight is 605 g/mol. The maximum absolute atomic E-state index is 13.3. The van der Waals surface area contributed by atoms with Gasteiger partial charge in [-0.05, 0) is 74.4 Å². The fraction of sp³-hybridized carbons (Fsp3) is 0.333. The number of carboxylic acid groups (broad SMARTS) is 1. The van der Waals surface area contributed by atoms with Crippen LogP contribution < -0.4 is 30.3 Å². The molecule has 0 heterocycles. The Bertz CT molecular complexity index is 1490. The molecule has 0 unspecified atom stereocenters. The number of ether oxygens (including phenoxy) is 2. The molecular weight excluding hydrogens is 564 g/mol. The number of hydrogen-bond donors (Lipinski definition) is 4. The van der Waals surface area contributed by atoms with E-state index in [2.05, 4.69) is 16.0 Å². The van der Waals surface area contributed by atoms with Gasteiger partial charge in [-0.25, -0.2) is 4.79 Å². The molecule has 0 spiro atoms. The van der Waals surface area contributed by atoms with Crippen molar-refractivity contribution in [1.29, 1.82) is 0 Å². The lowest BCUT2D eigenvalue weighted by atomic mass is 9.92. The molecule has 0 aliphatic rings. The van der Waals surface area contributed by atoms with Gasteiger partial charge < -0.3 is 35.4 Å². The van der Waals surface area contributed by atoms with Crippen molar-refractivity contribution in [1.82, 2.24) is 5.32 Å². The molecule has 0 aromatic heterocycles.